The predicted octanol–water partition coefficient (Wildman–Crippen LogP) is 2.23. The summed E-state index contributed by atoms with van der Waals surface area (Å²) in [6.45, 7) is 4.10. The summed E-state index contributed by atoms with van der Waals surface area (Å²) < 4.78 is 22.6. The van der Waals surface area contributed by atoms with Crippen LogP contribution in [0, 0.1) is 5.92 Å². The molecular weight excluding hydrogens is 284 g/mol. The normalized spacial score (nSPS) is 35.0. The van der Waals surface area contributed by atoms with Crippen LogP contribution in [0.3, 0.4) is 0 Å². The lowest BCUT2D eigenvalue weighted by Gasteiger charge is -2.44. The van der Waals surface area contributed by atoms with Gasteiger partial charge in [-0.3, -0.25) is 4.79 Å². The molecule has 2 heterocycles. The Morgan fingerprint density at radius 1 is 1.32 bits per heavy atom. The molecule has 0 N–H and O–H groups in total. The van der Waals surface area contributed by atoms with Gasteiger partial charge in [0.15, 0.2) is 12.1 Å². The fourth-order valence-corrected chi connectivity index (χ4v) is 2.97. The number of carbonyl (C=O) groups excluding carboxylic acids is 1. The number of carbonyl (C=O) groups is 1. The number of hydrogen-bond donors (Lipinski definition) is 0. The van der Waals surface area contributed by atoms with E-state index in [1.807, 2.05) is 30.3 Å². The smallest absolute Gasteiger partial charge is 0.218 e. The second-order valence-electron chi connectivity index (χ2n) is 5.45. The average Bonchev–Trinajstić information content (AvgIpc) is 2.57. The maximum absolute atomic E-state index is 12.4. The third-order valence-electron chi connectivity index (χ3n) is 4.06. The molecule has 22 heavy (non-hydrogen) atoms. The van der Waals surface area contributed by atoms with Crippen LogP contribution in [0.25, 0.3) is 0 Å². The molecule has 5 atom stereocenters. The van der Waals surface area contributed by atoms with Gasteiger partial charge in [0.25, 0.3) is 0 Å². The Balaban J connectivity index is 1.80. The summed E-state index contributed by atoms with van der Waals surface area (Å²) >= 11 is 0. The molecule has 0 unspecified atom stereocenters. The van der Waals surface area contributed by atoms with Crippen LogP contribution in [0.4, 0.5) is 0 Å². The molecule has 0 radical (unpaired) electrons. The fraction of sp³-hybridized carbons (Fsp3) is 0.471. The van der Waals surface area contributed by atoms with E-state index in [2.05, 4.69) is 6.58 Å². The Hall–Kier alpha value is -1.53. The number of ketones is 1. The topological polar surface area (TPSA) is 54.0 Å². The highest BCUT2D eigenvalue weighted by molar-refractivity contribution is 5.85. The van der Waals surface area contributed by atoms with Crippen LogP contribution in [-0.2, 0) is 23.7 Å². The summed E-state index contributed by atoms with van der Waals surface area (Å²) in [7, 11) is 1.46. The zero-order chi connectivity index (χ0) is 15.5. The maximum Gasteiger partial charge on any atom is 0.218 e. The SMILES string of the molecule is C=CC[C@@H]1C(=O)[C@@H](OC)O[C@@H]2CO[C@@H](c3ccccc3)O[C@@H]12. The Labute approximate surface area is 129 Å². The van der Waals surface area contributed by atoms with Gasteiger partial charge < -0.3 is 18.9 Å². The van der Waals surface area contributed by atoms with Crippen molar-refractivity contribution in [3.8, 4) is 0 Å². The van der Waals surface area contributed by atoms with E-state index in [1.54, 1.807) is 6.08 Å². The van der Waals surface area contributed by atoms with E-state index in [1.165, 1.54) is 7.11 Å². The largest absolute Gasteiger partial charge is 0.349 e. The second-order valence-corrected chi connectivity index (χ2v) is 5.45. The molecular formula is C17H20O5. The van der Waals surface area contributed by atoms with Crippen LogP contribution in [0.15, 0.2) is 43.0 Å². The first kappa shape index (κ1) is 15.4. The molecule has 0 amide bonds. The minimum Gasteiger partial charge on any atom is -0.349 e. The van der Waals surface area contributed by atoms with Crippen LogP contribution in [-0.4, -0.2) is 38.0 Å². The Morgan fingerprint density at radius 2 is 2.09 bits per heavy atom. The van der Waals surface area contributed by atoms with Crippen molar-refractivity contribution in [2.75, 3.05) is 13.7 Å². The fourth-order valence-electron chi connectivity index (χ4n) is 2.97. The van der Waals surface area contributed by atoms with Gasteiger partial charge >= 0.3 is 0 Å². The van der Waals surface area contributed by atoms with E-state index < -0.39 is 12.6 Å². The van der Waals surface area contributed by atoms with E-state index in [0.29, 0.717) is 13.0 Å². The molecule has 1 aromatic rings. The number of benzene rings is 1. The monoisotopic (exact) mass is 304 g/mol. The zero-order valence-electron chi connectivity index (χ0n) is 12.5. The lowest BCUT2D eigenvalue weighted by molar-refractivity contribution is -0.311. The van der Waals surface area contributed by atoms with Gasteiger partial charge in [0.2, 0.25) is 6.29 Å². The Morgan fingerprint density at radius 3 is 2.77 bits per heavy atom. The minimum atomic E-state index is -0.855. The summed E-state index contributed by atoms with van der Waals surface area (Å²) in [6.07, 6.45) is 0.263. The molecule has 0 saturated carbocycles. The minimum absolute atomic E-state index is 0.0997. The maximum atomic E-state index is 12.4. The van der Waals surface area contributed by atoms with Crippen LogP contribution in [0.2, 0.25) is 0 Å². The lowest BCUT2D eigenvalue weighted by Crippen LogP contribution is -2.57. The van der Waals surface area contributed by atoms with Crippen molar-refractivity contribution in [1.29, 1.82) is 0 Å². The van der Waals surface area contributed by atoms with Gasteiger partial charge in [-0.1, -0.05) is 36.4 Å². The molecule has 2 saturated heterocycles. The van der Waals surface area contributed by atoms with Crippen LogP contribution in [0.5, 0.6) is 0 Å². The molecule has 0 bridgehead atoms. The summed E-state index contributed by atoms with van der Waals surface area (Å²) in [4.78, 5) is 12.4. The van der Waals surface area contributed by atoms with Crippen molar-refractivity contribution in [1.82, 2.24) is 0 Å². The van der Waals surface area contributed by atoms with Gasteiger partial charge in [-0.05, 0) is 6.42 Å². The number of methoxy groups -OCH3 is 1. The first-order valence-corrected chi connectivity index (χ1v) is 7.39. The van der Waals surface area contributed by atoms with Crippen molar-refractivity contribution in [2.45, 2.75) is 31.2 Å². The first-order valence-electron chi connectivity index (χ1n) is 7.39. The number of allylic oxidation sites excluding steroid dienone is 1. The van der Waals surface area contributed by atoms with Gasteiger partial charge in [-0.25, -0.2) is 0 Å². The molecule has 118 valence electrons. The van der Waals surface area contributed by atoms with Crippen LogP contribution < -0.4 is 0 Å². The summed E-state index contributed by atoms with van der Waals surface area (Å²) in [5.41, 5.74) is 0.930. The summed E-state index contributed by atoms with van der Waals surface area (Å²) in [6, 6.07) is 9.68. The van der Waals surface area contributed by atoms with Gasteiger partial charge in [0, 0.05) is 12.7 Å². The number of ether oxygens (including phenoxy) is 4. The number of hydrogen-bond acceptors (Lipinski definition) is 5. The predicted molar refractivity (Wildman–Crippen MR) is 79.0 cm³/mol. The molecule has 2 aliphatic rings. The molecule has 0 spiro atoms. The van der Waals surface area contributed by atoms with Crippen molar-refractivity contribution in [2.24, 2.45) is 5.92 Å². The van der Waals surface area contributed by atoms with Crippen molar-refractivity contribution in [3.05, 3.63) is 48.6 Å². The van der Waals surface area contributed by atoms with E-state index in [0.717, 1.165) is 5.56 Å². The molecule has 5 nitrogen and oxygen atoms in total. The lowest BCUT2D eigenvalue weighted by atomic mass is 9.87. The standard InChI is InChI=1S/C17H20O5/c1-3-7-12-14(18)17(19-2)21-13-10-20-16(22-15(12)13)11-8-5-4-6-9-11/h3-6,8-9,12-13,15-17H,1,7,10H2,2H3/t12-,13-,15+,16-,17+/m1/s1. The third kappa shape index (κ3) is 2.85. The van der Waals surface area contributed by atoms with Crippen molar-refractivity contribution >= 4 is 5.78 Å². The highest BCUT2D eigenvalue weighted by Gasteiger charge is 2.48. The van der Waals surface area contributed by atoms with Gasteiger partial charge in [-0.2, -0.15) is 0 Å². The first-order chi connectivity index (χ1) is 10.7. The van der Waals surface area contributed by atoms with E-state index in [4.69, 9.17) is 18.9 Å². The molecule has 0 aliphatic carbocycles. The number of Topliss-reactive ketones (excluding diaryl/α,β-unsaturated/α-hetero) is 1. The van der Waals surface area contributed by atoms with Gasteiger partial charge in [0.1, 0.15) is 6.10 Å². The number of rotatable bonds is 4. The van der Waals surface area contributed by atoms with Crippen LogP contribution in [0.1, 0.15) is 18.3 Å². The van der Waals surface area contributed by atoms with Crippen molar-refractivity contribution in [3.63, 3.8) is 0 Å². The van der Waals surface area contributed by atoms with E-state index >= 15 is 0 Å². The average molecular weight is 304 g/mol. The molecule has 0 aromatic heterocycles. The Kier molecular flexibility index (Phi) is 4.69. The second kappa shape index (κ2) is 6.71. The summed E-state index contributed by atoms with van der Waals surface area (Å²) in [5, 5.41) is 0. The highest BCUT2D eigenvalue weighted by atomic mass is 16.7. The van der Waals surface area contributed by atoms with Crippen LogP contribution >= 0.6 is 0 Å². The third-order valence-corrected chi connectivity index (χ3v) is 4.06. The molecule has 2 fully saturated rings. The molecule has 5 heteroatoms. The number of fused-ring (bicyclic) bond motifs is 1. The zero-order valence-corrected chi connectivity index (χ0v) is 12.5. The molecule has 3 rings (SSSR count). The highest BCUT2D eigenvalue weighted by Crippen LogP contribution is 2.36. The van der Waals surface area contributed by atoms with Crippen molar-refractivity contribution < 1.29 is 23.7 Å². The van der Waals surface area contributed by atoms with Gasteiger partial charge in [0.05, 0.1) is 18.6 Å². The van der Waals surface area contributed by atoms with E-state index in [-0.39, 0.29) is 23.9 Å². The molecule has 1 aromatic carbocycles. The molecule has 2 aliphatic heterocycles. The van der Waals surface area contributed by atoms with Gasteiger partial charge in [-0.15, -0.1) is 6.58 Å². The van der Waals surface area contributed by atoms with E-state index in [9.17, 15) is 4.79 Å². The summed E-state index contributed by atoms with van der Waals surface area (Å²) in [5.74, 6) is -0.423. The quantitative estimate of drug-likeness (QED) is 0.799. The Bertz CT molecular complexity index is 529.